The van der Waals surface area contributed by atoms with Crippen LogP contribution >= 0.6 is 23.2 Å². The molecule has 146 valence electrons. The quantitative estimate of drug-likeness (QED) is 0.458. The van der Waals surface area contributed by atoms with E-state index in [1.165, 1.54) is 10.7 Å². The molecule has 0 atom stereocenters. The van der Waals surface area contributed by atoms with Crippen molar-refractivity contribution >= 4 is 35.1 Å². The van der Waals surface area contributed by atoms with E-state index in [-0.39, 0.29) is 16.5 Å². The first-order valence-corrected chi connectivity index (χ1v) is 9.57. The van der Waals surface area contributed by atoms with Gasteiger partial charge in [-0.25, -0.2) is 0 Å². The van der Waals surface area contributed by atoms with Gasteiger partial charge < -0.3 is 9.73 Å². The predicted octanol–water partition coefficient (Wildman–Crippen LogP) is 5.45. The van der Waals surface area contributed by atoms with E-state index < -0.39 is 5.91 Å². The maximum Gasteiger partial charge on any atom is 0.282 e. The molecule has 0 amide bonds. The van der Waals surface area contributed by atoms with Gasteiger partial charge in [-0.15, -0.1) is 5.10 Å². The summed E-state index contributed by atoms with van der Waals surface area (Å²) in [4.78, 5) is 17.6. The van der Waals surface area contributed by atoms with Crippen molar-refractivity contribution in [3.8, 4) is 11.4 Å². The molecule has 0 saturated carbocycles. The van der Waals surface area contributed by atoms with Crippen LogP contribution in [0.5, 0.6) is 0 Å². The largest absolute Gasteiger partial charge is 0.467 e. The fraction of sp³-hybridized carbons (Fsp3) is 0.0952. The molecule has 1 N–H and O–H groups in total. The van der Waals surface area contributed by atoms with Crippen LogP contribution in [0.1, 0.15) is 21.7 Å². The second-order valence-electron chi connectivity index (χ2n) is 6.40. The number of hydrogen-bond acceptors (Lipinski definition) is 5. The van der Waals surface area contributed by atoms with E-state index in [0.717, 1.165) is 11.1 Å². The number of furan rings is 1. The highest BCUT2D eigenvalue weighted by Crippen LogP contribution is 2.24. The Kier molecular flexibility index (Phi) is 5.38. The fourth-order valence-corrected chi connectivity index (χ4v) is 3.24. The molecule has 2 aromatic heterocycles. The lowest BCUT2D eigenvalue weighted by Gasteiger charge is -2.07. The fourth-order valence-electron chi connectivity index (χ4n) is 2.75. The SMILES string of the molecule is Cc1ccc(-c2nc(NCc3ccco3)n(C(=O)c3ccc(Cl)cc3Cl)n2)cc1. The Labute approximate surface area is 177 Å². The molecule has 0 unspecified atom stereocenters. The third-order valence-corrected chi connectivity index (χ3v) is 4.82. The summed E-state index contributed by atoms with van der Waals surface area (Å²) in [5.41, 5.74) is 2.19. The van der Waals surface area contributed by atoms with E-state index in [1.807, 2.05) is 37.3 Å². The van der Waals surface area contributed by atoms with Gasteiger partial charge in [0.05, 0.1) is 23.4 Å². The molecule has 0 spiro atoms. The standard InChI is InChI=1S/C21H16Cl2N4O2/c1-13-4-6-14(7-5-13)19-25-21(24-12-16-3-2-10-29-16)27(26-19)20(28)17-9-8-15(22)11-18(17)23/h2-11H,12H2,1H3,(H,24,25,26). The van der Waals surface area contributed by atoms with Gasteiger partial charge in [0, 0.05) is 10.6 Å². The Morgan fingerprint density at radius 3 is 2.62 bits per heavy atom. The summed E-state index contributed by atoms with van der Waals surface area (Å²) >= 11 is 12.2. The van der Waals surface area contributed by atoms with E-state index in [0.29, 0.717) is 23.2 Å². The van der Waals surface area contributed by atoms with Crippen LogP contribution in [-0.4, -0.2) is 20.7 Å². The van der Waals surface area contributed by atoms with Gasteiger partial charge >= 0.3 is 0 Å². The van der Waals surface area contributed by atoms with Crippen molar-refractivity contribution in [1.82, 2.24) is 14.8 Å². The highest BCUT2D eigenvalue weighted by Gasteiger charge is 2.21. The lowest BCUT2D eigenvalue weighted by atomic mass is 10.1. The van der Waals surface area contributed by atoms with Crippen LogP contribution in [-0.2, 0) is 6.54 Å². The minimum absolute atomic E-state index is 0.242. The summed E-state index contributed by atoms with van der Waals surface area (Å²) in [6, 6.07) is 16.0. The molecule has 6 nitrogen and oxygen atoms in total. The number of carbonyl (C=O) groups is 1. The van der Waals surface area contributed by atoms with E-state index in [2.05, 4.69) is 15.4 Å². The topological polar surface area (TPSA) is 73.0 Å². The number of aromatic nitrogens is 3. The van der Waals surface area contributed by atoms with Crippen molar-refractivity contribution in [3.05, 3.63) is 87.8 Å². The van der Waals surface area contributed by atoms with Crippen LogP contribution in [0, 0.1) is 6.92 Å². The molecule has 0 aliphatic heterocycles. The number of nitrogens with one attached hydrogen (secondary N) is 1. The molecular weight excluding hydrogens is 411 g/mol. The summed E-state index contributed by atoms with van der Waals surface area (Å²) in [7, 11) is 0. The van der Waals surface area contributed by atoms with Gasteiger partial charge in [0.15, 0.2) is 5.82 Å². The molecule has 4 aromatic rings. The van der Waals surface area contributed by atoms with E-state index in [4.69, 9.17) is 27.6 Å². The summed E-state index contributed by atoms with van der Waals surface area (Å²) in [5, 5.41) is 8.21. The van der Waals surface area contributed by atoms with Crippen LogP contribution in [0.25, 0.3) is 11.4 Å². The summed E-state index contributed by atoms with van der Waals surface area (Å²) in [5.74, 6) is 0.992. The molecule has 0 saturated heterocycles. The lowest BCUT2D eigenvalue weighted by molar-refractivity contribution is 0.0947. The van der Waals surface area contributed by atoms with Gasteiger partial charge in [0.2, 0.25) is 5.95 Å². The number of rotatable bonds is 5. The van der Waals surface area contributed by atoms with Gasteiger partial charge in [-0.1, -0.05) is 53.0 Å². The van der Waals surface area contributed by atoms with Gasteiger partial charge in [-0.05, 0) is 37.3 Å². The molecule has 2 aromatic carbocycles. The molecule has 0 radical (unpaired) electrons. The van der Waals surface area contributed by atoms with Crippen LogP contribution in [0.4, 0.5) is 5.95 Å². The van der Waals surface area contributed by atoms with Crippen LogP contribution in [0.15, 0.2) is 65.3 Å². The van der Waals surface area contributed by atoms with E-state index in [9.17, 15) is 4.79 Å². The molecule has 29 heavy (non-hydrogen) atoms. The van der Waals surface area contributed by atoms with E-state index >= 15 is 0 Å². The van der Waals surface area contributed by atoms with Crippen LogP contribution < -0.4 is 5.32 Å². The van der Waals surface area contributed by atoms with Crippen molar-refractivity contribution < 1.29 is 9.21 Å². The molecule has 8 heteroatoms. The zero-order chi connectivity index (χ0) is 20.4. The van der Waals surface area contributed by atoms with Gasteiger partial charge in [-0.3, -0.25) is 4.79 Å². The summed E-state index contributed by atoms with van der Waals surface area (Å²) in [6.45, 7) is 2.35. The van der Waals surface area contributed by atoms with Crippen molar-refractivity contribution in [2.75, 3.05) is 5.32 Å². The number of nitrogens with zero attached hydrogens (tertiary/aromatic N) is 3. The molecule has 0 fully saturated rings. The number of halogens is 2. The minimum atomic E-state index is -0.417. The second kappa shape index (κ2) is 8.11. The average molecular weight is 427 g/mol. The monoisotopic (exact) mass is 426 g/mol. The van der Waals surface area contributed by atoms with Crippen molar-refractivity contribution in [2.45, 2.75) is 13.5 Å². The molecule has 0 bridgehead atoms. The zero-order valence-corrected chi connectivity index (χ0v) is 16.9. The van der Waals surface area contributed by atoms with Crippen molar-refractivity contribution in [1.29, 1.82) is 0 Å². The third-order valence-electron chi connectivity index (χ3n) is 4.27. The Bertz CT molecular complexity index is 1150. The smallest absolute Gasteiger partial charge is 0.282 e. The normalized spacial score (nSPS) is 10.9. The van der Waals surface area contributed by atoms with Gasteiger partial charge in [-0.2, -0.15) is 9.67 Å². The van der Waals surface area contributed by atoms with Crippen molar-refractivity contribution in [3.63, 3.8) is 0 Å². The maximum absolute atomic E-state index is 13.1. The molecule has 0 aliphatic carbocycles. The minimum Gasteiger partial charge on any atom is -0.467 e. The first-order valence-electron chi connectivity index (χ1n) is 8.81. The molecule has 4 rings (SSSR count). The Morgan fingerprint density at radius 1 is 1.14 bits per heavy atom. The molecule has 0 aliphatic rings. The Balaban J connectivity index is 1.73. The molecule has 2 heterocycles. The number of hydrogen-bond donors (Lipinski definition) is 1. The highest BCUT2D eigenvalue weighted by molar-refractivity contribution is 6.36. The first kappa shape index (κ1) is 19.2. The van der Waals surface area contributed by atoms with Crippen LogP contribution in [0.2, 0.25) is 10.0 Å². The Hall–Kier alpha value is -3.09. The maximum atomic E-state index is 13.1. The predicted molar refractivity (Wildman–Crippen MR) is 112 cm³/mol. The average Bonchev–Trinajstić information content (AvgIpc) is 3.36. The number of carbonyl (C=O) groups excluding carboxylic acids is 1. The second-order valence-corrected chi connectivity index (χ2v) is 7.24. The lowest BCUT2D eigenvalue weighted by Crippen LogP contribution is -2.18. The molecular formula is C21H16Cl2N4O2. The summed E-state index contributed by atoms with van der Waals surface area (Å²) in [6.07, 6.45) is 1.58. The van der Waals surface area contributed by atoms with Gasteiger partial charge in [0.25, 0.3) is 5.91 Å². The zero-order valence-electron chi connectivity index (χ0n) is 15.4. The number of anilines is 1. The number of benzene rings is 2. The van der Waals surface area contributed by atoms with Crippen molar-refractivity contribution in [2.24, 2.45) is 0 Å². The third kappa shape index (κ3) is 4.18. The number of aryl methyl sites for hydroxylation is 1. The van der Waals surface area contributed by atoms with E-state index in [1.54, 1.807) is 24.5 Å². The summed E-state index contributed by atoms with van der Waals surface area (Å²) < 4.78 is 6.54. The first-order chi connectivity index (χ1) is 14.0. The Morgan fingerprint density at radius 2 is 1.93 bits per heavy atom. The highest BCUT2D eigenvalue weighted by atomic mass is 35.5. The van der Waals surface area contributed by atoms with Gasteiger partial charge in [0.1, 0.15) is 5.76 Å². The van der Waals surface area contributed by atoms with Crippen LogP contribution in [0.3, 0.4) is 0 Å².